The van der Waals surface area contributed by atoms with Crippen molar-refractivity contribution in [1.82, 2.24) is 24.6 Å². The van der Waals surface area contributed by atoms with E-state index in [-0.39, 0.29) is 5.91 Å². The fourth-order valence-corrected chi connectivity index (χ4v) is 4.64. The molecule has 0 saturated heterocycles. The van der Waals surface area contributed by atoms with Crippen LogP contribution in [0.2, 0.25) is 0 Å². The Morgan fingerprint density at radius 1 is 1.13 bits per heavy atom. The minimum Gasteiger partial charge on any atom is -0.316 e. The standard InChI is InChI=1S/C24H27N5OS/c1-2-28(21-13-7-4-8-14-21)22(30)18-31-24-27-26-23(20-12-9-15-25-16-20)29(24)17-19-10-5-3-6-11-19/h3,5-6,9-13,15-16H,2,4,7-8,14,17-18H2,1H3. The number of allylic oxidation sites excluding steroid dienone is 2. The normalized spacial score (nSPS) is 13.6. The van der Waals surface area contributed by atoms with Gasteiger partial charge < -0.3 is 4.90 Å². The molecule has 1 aliphatic carbocycles. The Hall–Kier alpha value is -2.93. The SMILES string of the molecule is CCN(C(=O)CSc1nnc(-c2cccnc2)n1Cc1ccccc1)C1=CCCCC1. The van der Waals surface area contributed by atoms with Crippen molar-refractivity contribution >= 4 is 17.7 Å². The lowest BCUT2D eigenvalue weighted by Crippen LogP contribution is -2.32. The lowest BCUT2D eigenvalue weighted by Gasteiger charge is -2.26. The van der Waals surface area contributed by atoms with Crippen molar-refractivity contribution in [2.45, 2.75) is 44.3 Å². The highest BCUT2D eigenvalue weighted by atomic mass is 32.2. The number of carbonyl (C=O) groups is 1. The molecule has 0 saturated carbocycles. The number of pyridine rings is 1. The second-order valence-electron chi connectivity index (χ2n) is 7.49. The van der Waals surface area contributed by atoms with E-state index in [2.05, 4.69) is 38.0 Å². The number of carbonyl (C=O) groups excluding carboxylic acids is 1. The third kappa shape index (κ3) is 5.22. The van der Waals surface area contributed by atoms with Crippen molar-refractivity contribution in [2.24, 2.45) is 0 Å². The number of thioether (sulfide) groups is 1. The highest BCUT2D eigenvalue weighted by molar-refractivity contribution is 7.99. The fraction of sp³-hybridized carbons (Fsp3) is 0.333. The first kappa shape index (κ1) is 21.3. The maximum Gasteiger partial charge on any atom is 0.237 e. The summed E-state index contributed by atoms with van der Waals surface area (Å²) in [4.78, 5) is 19.1. The molecule has 1 aromatic carbocycles. The molecule has 0 fully saturated rings. The van der Waals surface area contributed by atoms with Gasteiger partial charge in [-0.15, -0.1) is 10.2 Å². The third-order valence-electron chi connectivity index (χ3n) is 5.38. The van der Waals surface area contributed by atoms with Gasteiger partial charge in [0.25, 0.3) is 0 Å². The first-order valence-corrected chi connectivity index (χ1v) is 11.7. The lowest BCUT2D eigenvalue weighted by atomic mass is 10.0. The predicted molar refractivity (Wildman–Crippen MR) is 123 cm³/mol. The average Bonchev–Trinajstić information content (AvgIpc) is 3.22. The Balaban J connectivity index is 1.55. The molecule has 0 atom stereocenters. The van der Waals surface area contributed by atoms with E-state index in [9.17, 15) is 4.79 Å². The maximum atomic E-state index is 13.0. The quantitative estimate of drug-likeness (QED) is 0.478. The lowest BCUT2D eigenvalue weighted by molar-refractivity contribution is -0.126. The van der Waals surface area contributed by atoms with Gasteiger partial charge in [0.2, 0.25) is 5.91 Å². The number of hydrogen-bond acceptors (Lipinski definition) is 5. The molecule has 160 valence electrons. The molecule has 31 heavy (non-hydrogen) atoms. The molecule has 1 amide bonds. The first-order chi connectivity index (χ1) is 15.3. The zero-order valence-electron chi connectivity index (χ0n) is 17.8. The molecule has 1 aliphatic rings. The van der Waals surface area contributed by atoms with E-state index in [1.165, 1.54) is 23.9 Å². The first-order valence-electron chi connectivity index (χ1n) is 10.8. The Morgan fingerprint density at radius 3 is 2.71 bits per heavy atom. The van der Waals surface area contributed by atoms with Crippen LogP contribution in [-0.4, -0.2) is 42.9 Å². The van der Waals surface area contributed by atoms with Crippen molar-refractivity contribution in [2.75, 3.05) is 12.3 Å². The summed E-state index contributed by atoms with van der Waals surface area (Å²) in [6, 6.07) is 14.1. The van der Waals surface area contributed by atoms with E-state index in [0.29, 0.717) is 18.8 Å². The molecule has 2 aromatic heterocycles. The fourth-order valence-electron chi connectivity index (χ4n) is 3.82. The van der Waals surface area contributed by atoms with Gasteiger partial charge in [0.05, 0.1) is 12.3 Å². The molecule has 0 spiro atoms. The third-order valence-corrected chi connectivity index (χ3v) is 6.33. The Morgan fingerprint density at radius 2 is 2.00 bits per heavy atom. The summed E-state index contributed by atoms with van der Waals surface area (Å²) in [6.07, 6.45) is 10.2. The molecule has 6 nitrogen and oxygen atoms in total. The van der Waals surface area contributed by atoms with Crippen LogP contribution in [0.15, 0.2) is 71.8 Å². The number of hydrogen-bond donors (Lipinski definition) is 0. The van der Waals surface area contributed by atoms with E-state index in [1.54, 1.807) is 12.4 Å². The number of amides is 1. The molecule has 2 heterocycles. The smallest absolute Gasteiger partial charge is 0.237 e. The van der Waals surface area contributed by atoms with Gasteiger partial charge in [-0.05, 0) is 50.3 Å². The molecule has 4 rings (SSSR count). The van der Waals surface area contributed by atoms with Crippen LogP contribution < -0.4 is 0 Å². The molecule has 7 heteroatoms. The zero-order chi connectivity index (χ0) is 21.5. The number of benzene rings is 1. The molecule has 0 unspecified atom stereocenters. The van der Waals surface area contributed by atoms with Crippen LogP contribution in [0, 0.1) is 0 Å². The minimum absolute atomic E-state index is 0.123. The van der Waals surface area contributed by atoms with Gasteiger partial charge in [0.1, 0.15) is 0 Å². The molecular formula is C24H27N5OS. The molecular weight excluding hydrogens is 406 g/mol. The van der Waals surface area contributed by atoms with Gasteiger partial charge in [-0.2, -0.15) is 0 Å². The van der Waals surface area contributed by atoms with E-state index >= 15 is 0 Å². The zero-order valence-corrected chi connectivity index (χ0v) is 18.6. The molecule has 0 bridgehead atoms. The van der Waals surface area contributed by atoms with Gasteiger partial charge in [0, 0.05) is 30.2 Å². The highest BCUT2D eigenvalue weighted by Gasteiger charge is 2.21. The van der Waals surface area contributed by atoms with Crippen molar-refractivity contribution in [3.8, 4) is 11.4 Å². The summed E-state index contributed by atoms with van der Waals surface area (Å²) >= 11 is 1.45. The van der Waals surface area contributed by atoms with Crippen LogP contribution in [0.25, 0.3) is 11.4 Å². The molecule has 0 N–H and O–H groups in total. The van der Waals surface area contributed by atoms with E-state index in [1.807, 2.05) is 42.2 Å². The van der Waals surface area contributed by atoms with Crippen molar-refractivity contribution < 1.29 is 4.79 Å². The summed E-state index contributed by atoms with van der Waals surface area (Å²) in [5.74, 6) is 1.22. The summed E-state index contributed by atoms with van der Waals surface area (Å²) in [7, 11) is 0. The Kier molecular flexibility index (Phi) is 7.14. The van der Waals surface area contributed by atoms with Gasteiger partial charge in [-0.1, -0.05) is 48.2 Å². The van der Waals surface area contributed by atoms with Crippen molar-refractivity contribution in [3.63, 3.8) is 0 Å². The van der Waals surface area contributed by atoms with Crippen LogP contribution in [0.5, 0.6) is 0 Å². The van der Waals surface area contributed by atoms with Gasteiger partial charge in [-0.3, -0.25) is 14.3 Å². The summed E-state index contributed by atoms with van der Waals surface area (Å²) in [5.41, 5.74) is 3.23. The largest absolute Gasteiger partial charge is 0.316 e. The molecule has 0 radical (unpaired) electrons. The minimum atomic E-state index is 0.123. The van der Waals surface area contributed by atoms with E-state index in [4.69, 9.17) is 0 Å². The van der Waals surface area contributed by atoms with Gasteiger partial charge >= 0.3 is 0 Å². The monoisotopic (exact) mass is 433 g/mol. The number of nitrogens with zero attached hydrogens (tertiary/aromatic N) is 5. The van der Waals surface area contributed by atoms with Crippen molar-refractivity contribution in [3.05, 3.63) is 72.2 Å². The Bertz CT molecular complexity index is 1030. The van der Waals surface area contributed by atoms with E-state index in [0.717, 1.165) is 41.4 Å². The second kappa shape index (κ2) is 10.4. The van der Waals surface area contributed by atoms with Crippen LogP contribution in [-0.2, 0) is 11.3 Å². The number of rotatable bonds is 8. The van der Waals surface area contributed by atoms with Gasteiger partial charge in [0.15, 0.2) is 11.0 Å². The number of aromatic nitrogens is 4. The van der Waals surface area contributed by atoms with E-state index < -0.39 is 0 Å². The van der Waals surface area contributed by atoms with Gasteiger partial charge in [-0.25, -0.2) is 0 Å². The highest BCUT2D eigenvalue weighted by Crippen LogP contribution is 2.26. The topological polar surface area (TPSA) is 63.9 Å². The maximum absolute atomic E-state index is 13.0. The summed E-state index contributed by atoms with van der Waals surface area (Å²) in [5, 5.41) is 9.59. The Labute approximate surface area is 187 Å². The summed E-state index contributed by atoms with van der Waals surface area (Å²) < 4.78 is 2.07. The average molecular weight is 434 g/mol. The van der Waals surface area contributed by atoms with Crippen LogP contribution in [0.4, 0.5) is 0 Å². The van der Waals surface area contributed by atoms with Crippen molar-refractivity contribution in [1.29, 1.82) is 0 Å². The predicted octanol–water partition coefficient (Wildman–Crippen LogP) is 4.79. The second-order valence-corrected chi connectivity index (χ2v) is 8.43. The van der Waals surface area contributed by atoms with Crippen LogP contribution in [0.3, 0.4) is 0 Å². The molecule has 3 aromatic rings. The van der Waals surface area contributed by atoms with Crippen LogP contribution >= 0.6 is 11.8 Å². The van der Waals surface area contributed by atoms with Crippen LogP contribution in [0.1, 0.15) is 38.2 Å². The molecule has 0 aliphatic heterocycles. The summed E-state index contributed by atoms with van der Waals surface area (Å²) in [6.45, 7) is 3.37.